The summed E-state index contributed by atoms with van der Waals surface area (Å²) in [5.41, 5.74) is 0. The van der Waals surface area contributed by atoms with Crippen molar-refractivity contribution in [1.82, 2.24) is 5.32 Å². The molecular formula is C7H16ClNO. The largest absolute Gasteiger partial charge is 0.395 e. The molecule has 0 bridgehead atoms. The van der Waals surface area contributed by atoms with Gasteiger partial charge in [-0.05, 0) is 19.4 Å². The van der Waals surface area contributed by atoms with Crippen LogP contribution in [0.15, 0.2) is 0 Å². The topological polar surface area (TPSA) is 32.3 Å². The van der Waals surface area contributed by atoms with Crippen LogP contribution >= 0.6 is 12.4 Å². The molecule has 1 fully saturated rings. The van der Waals surface area contributed by atoms with E-state index in [1.165, 1.54) is 12.8 Å². The van der Waals surface area contributed by atoms with E-state index in [0.29, 0.717) is 6.04 Å². The zero-order valence-electron chi connectivity index (χ0n) is 6.34. The quantitative estimate of drug-likeness (QED) is 0.646. The van der Waals surface area contributed by atoms with Gasteiger partial charge >= 0.3 is 0 Å². The maximum atomic E-state index is 8.74. The summed E-state index contributed by atoms with van der Waals surface area (Å²) in [6, 6.07) is 0.345. The number of nitrogens with one attached hydrogen (secondary N) is 1. The van der Waals surface area contributed by atoms with Crippen molar-refractivity contribution in [2.24, 2.45) is 5.92 Å². The van der Waals surface area contributed by atoms with Gasteiger partial charge in [0.25, 0.3) is 0 Å². The van der Waals surface area contributed by atoms with Crippen LogP contribution < -0.4 is 5.32 Å². The lowest BCUT2D eigenvalue weighted by Crippen LogP contribution is -2.29. The lowest BCUT2D eigenvalue weighted by Gasteiger charge is -2.10. The van der Waals surface area contributed by atoms with E-state index < -0.39 is 0 Å². The van der Waals surface area contributed by atoms with E-state index in [1.54, 1.807) is 0 Å². The molecule has 0 spiro atoms. The van der Waals surface area contributed by atoms with Crippen LogP contribution in [-0.4, -0.2) is 24.8 Å². The van der Waals surface area contributed by atoms with Crippen molar-refractivity contribution in [2.45, 2.75) is 25.3 Å². The first-order chi connectivity index (χ1) is 4.36. The SMILES string of the molecule is CNC(CO)CC1CC1.Cl. The Morgan fingerprint density at radius 3 is 2.50 bits per heavy atom. The summed E-state index contributed by atoms with van der Waals surface area (Å²) < 4.78 is 0. The van der Waals surface area contributed by atoms with Gasteiger partial charge in [0.1, 0.15) is 0 Å². The highest BCUT2D eigenvalue weighted by molar-refractivity contribution is 5.85. The van der Waals surface area contributed by atoms with Gasteiger partial charge in [0.2, 0.25) is 0 Å². The minimum atomic E-state index is 0. The molecule has 0 aromatic carbocycles. The number of rotatable bonds is 4. The molecule has 3 heteroatoms. The van der Waals surface area contributed by atoms with E-state index in [-0.39, 0.29) is 19.0 Å². The Hall–Kier alpha value is 0.210. The number of likely N-dealkylation sites (N-methyl/N-ethyl adjacent to an activating group) is 1. The smallest absolute Gasteiger partial charge is 0.0584 e. The van der Waals surface area contributed by atoms with E-state index in [2.05, 4.69) is 5.32 Å². The molecule has 62 valence electrons. The van der Waals surface area contributed by atoms with Crippen molar-refractivity contribution in [1.29, 1.82) is 0 Å². The number of hydrogen-bond acceptors (Lipinski definition) is 2. The lowest BCUT2D eigenvalue weighted by molar-refractivity contribution is 0.238. The fraction of sp³-hybridized carbons (Fsp3) is 1.00. The summed E-state index contributed by atoms with van der Waals surface area (Å²) >= 11 is 0. The molecule has 0 amide bonds. The van der Waals surface area contributed by atoms with Crippen LogP contribution in [-0.2, 0) is 0 Å². The molecule has 0 heterocycles. The van der Waals surface area contributed by atoms with Gasteiger partial charge in [0.15, 0.2) is 0 Å². The van der Waals surface area contributed by atoms with Crippen molar-refractivity contribution >= 4 is 12.4 Å². The zero-order valence-corrected chi connectivity index (χ0v) is 7.16. The maximum Gasteiger partial charge on any atom is 0.0584 e. The first kappa shape index (κ1) is 10.2. The van der Waals surface area contributed by atoms with Crippen molar-refractivity contribution < 1.29 is 5.11 Å². The van der Waals surface area contributed by atoms with Crippen molar-refractivity contribution in [2.75, 3.05) is 13.7 Å². The molecule has 1 aliphatic carbocycles. The minimum Gasteiger partial charge on any atom is -0.395 e. The second-order valence-electron chi connectivity index (χ2n) is 2.85. The number of aliphatic hydroxyl groups is 1. The molecule has 10 heavy (non-hydrogen) atoms. The number of halogens is 1. The third-order valence-electron chi connectivity index (χ3n) is 1.94. The maximum absolute atomic E-state index is 8.74. The van der Waals surface area contributed by atoms with Gasteiger partial charge in [-0.15, -0.1) is 12.4 Å². The van der Waals surface area contributed by atoms with Crippen LogP contribution in [0.1, 0.15) is 19.3 Å². The molecular weight excluding hydrogens is 150 g/mol. The average Bonchev–Trinajstić information content (AvgIpc) is 2.66. The molecule has 2 N–H and O–H groups in total. The molecule has 0 aromatic heterocycles. The van der Waals surface area contributed by atoms with Crippen LogP contribution in [0.4, 0.5) is 0 Å². The fourth-order valence-electron chi connectivity index (χ4n) is 1.04. The first-order valence-electron chi connectivity index (χ1n) is 3.65. The second-order valence-corrected chi connectivity index (χ2v) is 2.85. The Labute approximate surface area is 68.4 Å². The van der Waals surface area contributed by atoms with Crippen molar-refractivity contribution in [3.63, 3.8) is 0 Å². The highest BCUT2D eigenvalue weighted by Gasteiger charge is 2.23. The summed E-state index contributed by atoms with van der Waals surface area (Å²) in [5, 5.41) is 11.8. The third-order valence-corrected chi connectivity index (χ3v) is 1.94. The Morgan fingerprint density at radius 1 is 1.60 bits per heavy atom. The highest BCUT2D eigenvalue weighted by Crippen LogP contribution is 2.33. The molecule has 0 radical (unpaired) electrons. The van der Waals surface area contributed by atoms with Crippen molar-refractivity contribution in [3.8, 4) is 0 Å². The number of hydrogen-bond donors (Lipinski definition) is 2. The Kier molecular flexibility index (Phi) is 5.04. The monoisotopic (exact) mass is 165 g/mol. The third kappa shape index (κ3) is 3.40. The van der Waals surface area contributed by atoms with E-state index in [1.807, 2.05) is 7.05 Å². The van der Waals surface area contributed by atoms with Crippen LogP contribution in [0.3, 0.4) is 0 Å². The van der Waals surface area contributed by atoms with Gasteiger partial charge in [0.05, 0.1) is 6.61 Å². The molecule has 1 atom stereocenters. The minimum absolute atomic E-state index is 0. The number of aliphatic hydroxyl groups excluding tert-OH is 1. The molecule has 1 saturated carbocycles. The van der Waals surface area contributed by atoms with Gasteiger partial charge in [-0.25, -0.2) is 0 Å². The predicted molar refractivity (Wildman–Crippen MR) is 44.5 cm³/mol. The van der Waals surface area contributed by atoms with Crippen LogP contribution in [0, 0.1) is 5.92 Å². The van der Waals surface area contributed by atoms with Crippen LogP contribution in [0.25, 0.3) is 0 Å². The molecule has 0 aliphatic heterocycles. The van der Waals surface area contributed by atoms with Crippen LogP contribution in [0.5, 0.6) is 0 Å². The predicted octanol–water partition coefficient (Wildman–Crippen LogP) is 0.789. The van der Waals surface area contributed by atoms with E-state index in [0.717, 1.165) is 12.3 Å². The molecule has 1 unspecified atom stereocenters. The van der Waals surface area contributed by atoms with Gasteiger partial charge in [-0.1, -0.05) is 12.8 Å². The normalized spacial score (nSPS) is 19.8. The summed E-state index contributed by atoms with van der Waals surface area (Å²) in [6.07, 6.45) is 3.91. The average molecular weight is 166 g/mol. The summed E-state index contributed by atoms with van der Waals surface area (Å²) in [4.78, 5) is 0. The van der Waals surface area contributed by atoms with Gasteiger partial charge in [-0.3, -0.25) is 0 Å². The molecule has 1 aliphatic rings. The van der Waals surface area contributed by atoms with E-state index >= 15 is 0 Å². The Balaban J connectivity index is 0.000000810. The zero-order chi connectivity index (χ0) is 6.69. The van der Waals surface area contributed by atoms with Crippen LogP contribution in [0.2, 0.25) is 0 Å². The summed E-state index contributed by atoms with van der Waals surface area (Å²) in [6.45, 7) is 0.285. The Bertz CT molecular complexity index is 81.7. The standard InChI is InChI=1S/C7H15NO.ClH/c1-8-7(5-9)4-6-2-3-6;/h6-9H,2-5H2,1H3;1H. The highest BCUT2D eigenvalue weighted by atomic mass is 35.5. The summed E-state index contributed by atoms with van der Waals surface area (Å²) in [7, 11) is 1.91. The molecule has 0 saturated heterocycles. The first-order valence-corrected chi connectivity index (χ1v) is 3.65. The van der Waals surface area contributed by atoms with Gasteiger partial charge in [-0.2, -0.15) is 0 Å². The molecule has 0 aromatic rings. The van der Waals surface area contributed by atoms with Crippen molar-refractivity contribution in [3.05, 3.63) is 0 Å². The molecule has 1 rings (SSSR count). The summed E-state index contributed by atoms with van der Waals surface area (Å²) in [5.74, 6) is 0.912. The fourth-order valence-corrected chi connectivity index (χ4v) is 1.04. The van der Waals surface area contributed by atoms with E-state index in [9.17, 15) is 0 Å². The van der Waals surface area contributed by atoms with E-state index in [4.69, 9.17) is 5.11 Å². The van der Waals surface area contributed by atoms with Gasteiger partial charge < -0.3 is 10.4 Å². The molecule has 2 nitrogen and oxygen atoms in total. The Morgan fingerprint density at radius 2 is 2.20 bits per heavy atom. The lowest BCUT2D eigenvalue weighted by atomic mass is 10.1. The second kappa shape index (κ2) is 4.94. The van der Waals surface area contributed by atoms with Gasteiger partial charge in [0, 0.05) is 6.04 Å².